The summed E-state index contributed by atoms with van der Waals surface area (Å²) in [6, 6.07) is 10.2. The maximum absolute atomic E-state index is 5.22. The van der Waals surface area contributed by atoms with Crippen molar-refractivity contribution in [1.29, 1.82) is 0 Å². The summed E-state index contributed by atoms with van der Waals surface area (Å²) in [5.41, 5.74) is 2.22. The number of nitrogens with zero attached hydrogens (tertiary/aromatic N) is 3. The molecule has 0 spiro atoms. The van der Waals surface area contributed by atoms with Crippen molar-refractivity contribution >= 4 is 24.5 Å². The first kappa shape index (κ1) is 15.4. The number of rotatable bonds is 6. The van der Waals surface area contributed by atoms with E-state index < -0.39 is 0 Å². The van der Waals surface area contributed by atoms with Gasteiger partial charge in [0.2, 0.25) is 4.77 Å². The second-order valence-corrected chi connectivity index (χ2v) is 5.29. The zero-order valence-electron chi connectivity index (χ0n) is 12.4. The van der Waals surface area contributed by atoms with Gasteiger partial charge in [-0.1, -0.05) is 49.8 Å². The summed E-state index contributed by atoms with van der Waals surface area (Å²) in [5, 5.41) is 11.5. The Labute approximate surface area is 130 Å². The van der Waals surface area contributed by atoms with Crippen LogP contribution in [0, 0.1) is 4.77 Å². The van der Waals surface area contributed by atoms with E-state index in [1.807, 2.05) is 31.3 Å². The third-order valence-corrected chi connectivity index (χ3v) is 3.31. The lowest BCUT2D eigenvalue weighted by molar-refractivity contribution is 0.700. The topological polar surface area (TPSA) is 46.0 Å². The molecule has 0 aliphatic rings. The predicted octanol–water partition coefficient (Wildman–Crippen LogP) is 4.22. The van der Waals surface area contributed by atoms with Crippen LogP contribution in [0.4, 0.5) is 0 Å². The van der Waals surface area contributed by atoms with Crippen molar-refractivity contribution in [3.63, 3.8) is 0 Å². The molecule has 2 aromatic rings. The van der Waals surface area contributed by atoms with Crippen molar-refractivity contribution in [1.82, 2.24) is 14.9 Å². The fourth-order valence-electron chi connectivity index (χ4n) is 1.94. The van der Waals surface area contributed by atoms with Crippen LogP contribution in [0.5, 0.6) is 0 Å². The second kappa shape index (κ2) is 7.69. The van der Waals surface area contributed by atoms with Gasteiger partial charge in [0.1, 0.15) is 0 Å². The van der Waals surface area contributed by atoms with E-state index in [-0.39, 0.29) is 0 Å². The largest absolute Gasteiger partial charge is 0.250 e. The molecule has 0 bridgehead atoms. The van der Waals surface area contributed by atoms with E-state index in [0.717, 1.165) is 36.2 Å². The van der Waals surface area contributed by atoms with Gasteiger partial charge in [-0.25, -0.2) is 0 Å². The summed E-state index contributed by atoms with van der Waals surface area (Å²) >= 11 is 5.22. The quantitative estimate of drug-likeness (QED) is 0.641. The molecule has 0 fully saturated rings. The molecule has 1 aromatic carbocycles. The molecule has 1 heterocycles. The Balaban J connectivity index is 2.15. The third kappa shape index (κ3) is 4.49. The molecule has 0 unspecified atom stereocenters. The normalized spacial score (nSPS) is 12.2. The first-order valence-electron chi connectivity index (χ1n) is 7.14. The zero-order chi connectivity index (χ0) is 15.1. The first-order valence-corrected chi connectivity index (χ1v) is 7.55. The summed E-state index contributed by atoms with van der Waals surface area (Å²) < 4.78 is 2.23. The number of hydrogen-bond acceptors (Lipinski definition) is 3. The molecule has 0 aliphatic carbocycles. The van der Waals surface area contributed by atoms with Crippen LogP contribution in [0.1, 0.15) is 38.1 Å². The smallest absolute Gasteiger partial charge is 0.216 e. The molecule has 0 aliphatic heterocycles. The van der Waals surface area contributed by atoms with E-state index in [2.05, 4.69) is 40.4 Å². The molecule has 4 nitrogen and oxygen atoms in total. The summed E-state index contributed by atoms with van der Waals surface area (Å²) in [4.78, 5) is 0. The summed E-state index contributed by atoms with van der Waals surface area (Å²) in [6.07, 6.45) is 6.97. The van der Waals surface area contributed by atoms with E-state index in [1.165, 1.54) is 0 Å². The number of unbranched alkanes of at least 4 members (excludes halogenated alkanes) is 1. The van der Waals surface area contributed by atoms with Crippen molar-refractivity contribution < 1.29 is 0 Å². The number of nitrogens with one attached hydrogen (secondary N) is 1. The van der Waals surface area contributed by atoms with Crippen LogP contribution >= 0.6 is 12.2 Å². The highest BCUT2D eigenvalue weighted by molar-refractivity contribution is 7.71. The van der Waals surface area contributed by atoms with Gasteiger partial charge in [0.15, 0.2) is 5.82 Å². The number of hydrogen-bond donors (Lipinski definition) is 1. The van der Waals surface area contributed by atoms with Crippen molar-refractivity contribution in [2.45, 2.75) is 33.1 Å². The zero-order valence-corrected chi connectivity index (χ0v) is 13.2. The molecule has 0 atom stereocenters. The maximum Gasteiger partial charge on any atom is 0.216 e. The van der Waals surface area contributed by atoms with Crippen LogP contribution in [-0.2, 0) is 6.42 Å². The van der Waals surface area contributed by atoms with E-state index in [0.29, 0.717) is 4.77 Å². The van der Waals surface area contributed by atoms with Gasteiger partial charge >= 0.3 is 0 Å². The Morgan fingerprint density at radius 1 is 1.38 bits per heavy atom. The monoisotopic (exact) mass is 300 g/mol. The molecule has 1 aromatic heterocycles. The lowest BCUT2D eigenvalue weighted by Gasteiger charge is -1.99. The molecule has 5 heteroatoms. The molecule has 2 rings (SSSR count). The minimum atomic E-state index is 0.532. The number of aromatic nitrogens is 3. The maximum atomic E-state index is 5.22. The minimum absolute atomic E-state index is 0.532. The number of aryl methyl sites for hydroxylation is 1. The number of H-pyrrole nitrogens is 1. The molecular weight excluding hydrogens is 280 g/mol. The van der Waals surface area contributed by atoms with Crippen LogP contribution in [0.2, 0.25) is 0 Å². The van der Waals surface area contributed by atoms with Crippen LogP contribution in [0.15, 0.2) is 41.0 Å². The number of aromatic amines is 1. The third-order valence-electron chi connectivity index (χ3n) is 3.04. The number of benzene rings is 1. The van der Waals surface area contributed by atoms with Crippen LogP contribution < -0.4 is 0 Å². The number of allylic oxidation sites excluding steroid dienone is 1. The molecule has 0 radical (unpaired) electrons. The minimum Gasteiger partial charge on any atom is -0.250 e. The van der Waals surface area contributed by atoms with Gasteiger partial charge in [-0.3, -0.25) is 5.10 Å². The Hall–Kier alpha value is -2.01. The van der Waals surface area contributed by atoms with Gasteiger partial charge in [-0.15, -0.1) is 0 Å². The fraction of sp³-hybridized carbons (Fsp3) is 0.312. The molecule has 0 saturated heterocycles. The van der Waals surface area contributed by atoms with E-state index in [9.17, 15) is 0 Å². The summed E-state index contributed by atoms with van der Waals surface area (Å²) in [7, 11) is 0. The van der Waals surface area contributed by atoms with Gasteiger partial charge in [0.25, 0.3) is 0 Å². The Morgan fingerprint density at radius 3 is 2.86 bits per heavy atom. The predicted molar refractivity (Wildman–Crippen MR) is 90.0 cm³/mol. The van der Waals surface area contributed by atoms with E-state index in [1.54, 1.807) is 4.68 Å². The van der Waals surface area contributed by atoms with Crippen LogP contribution in [0.25, 0.3) is 6.08 Å². The van der Waals surface area contributed by atoms with Gasteiger partial charge in [0.05, 0.1) is 6.21 Å². The molecule has 1 N–H and O–H groups in total. The fourth-order valence-corrected chi connectivity index (χ4v) is 2.14. The highest BCUT2D eigenvalue weighted by Gasteiger charge is 2.03. The SMILES string of the molecule is CCCCc1n[nH]c(=S)n1/N=C\C(C)=Cc1ccccc1. The van der Waals surface area contributed by atoms with Crippen molar-refractivity contribution in [2.75, 3.05) is 0 Å². The van der Waals surface area contributed by atoms with Gasteiger partial charge in [-0.05, 0) is 36.7 Å². The standard InChI is InChI=1S/C16H20N4S/c1-3-4-10-15-18-19-16(21)20(15)17-12-13(2)11-14-8-6-5-7-9-14/h5-9,11-12H,3-4,10H2,1-2H3,(H,19,21)/b13-11?,17-12-. The molecule has 21 heavy (non-hydrogen) atoms. The van der Waals surface area contributed by atoms with Crippen LogP contribution in [0.3, 0.4) is 0 Å². The first-order chi connectivity index (χ1) is 10.2. The molecule has 110 valence electrons. The van der Waals surface area contributed by atoms with E-state index >= 15 is 0 Å². The molecule has 0 amide bonds. The highest BCUT2D eigenvalue weighted by atomic mass is 32.1. The average molecular weight is 300 g/mol. The second-order valence-electron chi connectivity index (χ2n) is 4.90. The van der Waals surface area contributed by atoms with Crippen molar-refractivity contribution in [3.05, 3.63) is 52.1 Å². The molecular formula is C16H20N4S. The Kier molecular flexibility index (Phi) is 5.63. The lowest BCUT2D eigenvalue weighted by atomic mass is 10.1. The van der Waals surface area contributed by atoms with E-state index in [4.69, 9.17) is 12.2 Å². The Bertz CT molecular complexity index is 680. The Morgan fingerprint density at radius 2 is 2.14 bits per heavy atom. The molecule has 0 saturated carbocycles. The highest BCUT2D eigenvalue weighted by Crippen LogP contribution is 2.06. The van der Waals surface area contributed by atoms with Crippen molar-refractivity contribution in [2.24, 2.45) is 5.10 Å². The average Bonchev–Trinajstić information content (AvgIpc) is 2.84. The summed E-state index contributed by atoms with van der Waals surface area (Å²) in [6.45, 7) is 4.17. The van der Waals surface area contributed by atoms with Gasteiger partial charge in [-0.2, -0.15) is 14.9 Å². The van der Waals surface area contributed by atoms with Crippen LogP contribution in [-0.4, -0.2) is 21.1 Å². The van der Waals surface area contributed by atoms with Gasteiger partial charge in [0, 0.05) is 6.42 Å². The lowest BCUT2D eigenvalue weighted by Crippen LogP contribution is -1.99. The van der Waals surface area contributed by atoms with Crippen molar-refractivity contribution in [3.8, 4) is 0 Å². The summed E-state index contributed by atoms with van der Waals surface area (Å²) in [5.74, 6) is 0.880. The van der Waals surface area contributed by atoms with Gasteiger partial charge < -0.3 is 0 Å².